The molecule has 0 saturated heterocycles. The largest absolute Gasteiger partial charge is 0.445 e. The van der Waals surface area contributed by atoms with Crippen LogP contribution in [0.5, 0.6) is 0 Å². The van der Waals surface area contributed by atoms with Crippen LogP contribution in [0.2, 0.25) is 5.02 Å². The highest BCUT2D eigenvalue weighted by molar-refractivity contribution is 6.30. The molecule has 0 aliphatic rings. The van der Waals surface area contributed by atoms with Crippen molar-refractivity contribution in [2.45, 2.75) is 32.9 Å². The Morgan fingerprint density at radius 2 is 2.06 bits per heavy atom. The first-order valence-corrected chi connectivity index (χ1v) is 6.47. The molecule has 1 unspecified atom stereocenters. The maximum atomic E-state index is 5.89. The molecule has 0 fully saturated rings. The van der Waals surface area contributed by atoms with Gasteiger partial charge in [0.05, 0.1) is 12.7 Å². The lowest BCUT2D eigenvalue weighted by molar-refractivity contribution is 0.420. The molecule has 0 bridgehead atoms. The maximum absolute atomic E-state index is 5.89. The third-order valence-corrected chi connectivity index (χ3v) is 3.10. The zero-order valence-electron chi connectivity index (χ0n) is 10.6. The SMILES string of the molecule is CCC(NCc1ncc(C)o1)c1ccc(Cl)cc1. The predicted molar refractivity (Wildman–Crippen MR) is 72.6 cm³/mol. The molecule has 4 heteroatoms. The molecule has 0 saturated carbocycles. The number of rotatable bonds is 5. The molecule has 1 aromatic heterocycles. The quantitative estimate of drug-likeness (QED) is 0.891. The minimum Gasteiger partial charge on any atom is -0.445 e. The summed E-state index contributed by atoms with van der Waals surface area (Å²) in [5, 5.41) is 4.20. The topological polar surface area (TPSA) is 38.1 Å². The smallest absolute Gasteiger partial charge is 0.208 e. The van der Waals surface area contributed by atoms with Crippen LogP contribution in [0.4, 0.5) is 0 Å². The van der Waals surface area contributed by atoms with Crippen LogP contribution < -0.4 is 5.32 Å². The fourth-order valence-electron chi connectivity index (χ4n) is 1.89. The van der Waals surface area contributed by atoms with E-state index in [4.69, 9.17) is 16.0 Å². The van der Waals surface area contributed by atoms with Crippen molar-refractivity contribution in [3.05, 3.63) is 52.7 Å². The Morgan fingerprint density at radius 3 is 2.61 bits per heavy atom. The molecular weight excluding hydrogens is 248 g/mol. The van der Waals surface area contributed by atoms with E-state index >= 15 is 0 Å². The minimum atomic E-state index is 0.287. The molecule has 0 aliphatic carbocycles. The Bertz CT molecular complexity index is 493. The fourth-order valence-corrected chi connectivity index (χ4v) is 2.01. The lowest BCUT2D eigenvalue weighted by atomic mass is 10.0. The Kier molecular flexibility index (Phi) is 4.39. The normalized spacial score (nSPS) is 12.6. The maximum Gasteiger partial charge on any atom is 0.208 e. The molecule has 3 nitrogen and oxygen atoms in total. The van der Waals surface area contributed by atoms with E-state index in [-0.39, 0.29) is 6.04 Å². The first kappa shape index (κ1) is 13.1. The third kappa shape index (κ3) is 3.34. The van der Waals surface area contributed by atoms with Crippen LogP contribution in [-0.2, 0) is 6.54 Å². The minimum absolute atomic E-state index is 0.287. The molecule has 1 atom stereocenters. The van der Waals surface area contributed by atoms with E-state index in [1.54, 1.807) is 6.20 Å². The summed E-state index contributed by atoms with van der Waals surface area (Å²) in [7, 11) is 0. The number of oxazole rings is 1. The fraction of sp³-hybridized carbons (Fsp3) is 0.357. The Balaban J connectivity index is 1.99. The summed E-state index contributed by atoms with van der Waals surface area (Å²) in [6.07, 6.45) is 2.74. The molecule has 1 aromatic carbocycles. The van der Waals surface area contributed by atoms with Crippen molar-refractivity contribution in [2.24, 2.45) is 0 Å². The second-order valence-electron chi connectivity index (χ2n) is 4.26. The molecule has 0 amide bonds. The Hall–Kier alpha value is -1.32. The molecule has 1 N–H and O–H groups in total. The van der Waals surface area contributed by atoms with Crippen molar-refractivity contribution in [3.63, 3.8) is 0 Å². The Labute approximate surface area is 112 Å². The first-order valence-electron chi connectivity index (χ1n) is 6.09. The van der Waals surface area contributed by atoms with Gasteiger partial charge < -0.3 is 9.73 Å². The highest BCUT2D eigenvalue weighted by Gasteiger charge is 2.10. The van der Waals surface area contributed by atoms with E-state index in [0.29, 0.717) is 6.54 Å². The molecule has 0 spiro atoms. The zero-order chi connectivity index (χ0) is 13.0. The number of benzene rings is 1. The number of hydrogen-bond acceptors (Lipinski definition) is 3. The summed E-state index contributed by atoms with van der Waals surface area (Å²) in [5.74, 6) is 1.56. The van der Waals surface area contributed by atoms with Crippen molar-refractivity contribution in [2.75, 3.05) is 0 Å². The van der Waals surface area contributed by atoms with E-state index in [2.05, 4.69) is 17.2 Å². The molecule has 2 aromatic rings. The summed E-state index contributed by atoms with van der Waals surface area (Å²) < 4.78 is 5.44. The summed E-state index contributed by atoms with van der Waals surface area (Å²) >= 11 is 5.89. The van der Waals surface area contributed by atoms with E-state index in [0.717, 1.165) is 23.1 Å². The zero-order valence-corrected chi connectivity index (χ0v) is 11.4. The average molecular weight is 265 g/mol. The van der Waals surface area contributed by atoms with Gasteiger partial charge in [0.25, 0.3) is 0 Å². The Morgan fingerprint density at radius 1 is 1.33 bits per heavy atom. The second kappa shape index (κ2) is 6.03. The molecule has 1 heterocycles. The molecule has 96 valence electrons. The molecule has 0 aliphatic heterocycles. The third-order valence-electron chi connectivity index (χ3n) is 2.85. The molecule has 18 heavy (non-hydrogen) atoms. The number of hydrogen-bond donors (Lipinski definition) is 1. The van der Waals surface area contributed by atoms with Gasteiger partial charge in [0.15, 0.2) is 0 Å². The van der Waals surface area contributed by atoms with Crippen molar-refractivity contribution in [3.8, 4) is 0 Å². The van der Waals surface area contributed by atoms with Gasteiger partial charge in [0, 0.05) is 11.1 Å². The summed E-state index contributed by atoms with van der Waals surface area (Å²) in [4.78, 5) is 4.18. The lowest BCUT2D eigenvalue weighted by Gasteiger charge is -2.16. The van der Waals surface area contributed by atoms with Crippen LogP contribution in [0.15, 0.2) is 34.9 Å². The van der Waals surface area contributed by atoms with Crippen LogP contribution in [0, 0.1) is 6.92 Å². The lowest BCUT2D eigenvalue weighted by Crippen LogP contribution is -2.20. The first-order chi connectivity index (χ1) is 8.69. The number of aryl methyl sites for hydroxylation is 1. The molecule has 0 radical (unpaired) electrons. The van der Waals surface area contributed by atoms with Gasteiger partial charge in [0.1, 0.15) is 5.76 Å². The van der Waals surface area contributed by atoms with Crippen molar-refractivity contribution < 1.29 is 4.42 Å². The van der Waals surface area contributed by atoms with Gasteiger partial charge in [-0.15, -0.1) is 0 Å². The van der Waals surface area contributed by atoms with Crippen LogP contribution >= 0.6 is 11.6 Å². The van der Waals surface area contributed by atoms with Crippen LogP contribution in [-0.4, -0.2) is 4.98 Å². The van der Waals surface area contributed by atoms with Gasteiger partial charge in [-0.3, -0.25) is 0 Å². The van der Waals surface area contributed by atoms with Crippen molar-refractivity contribution in [1.82, 2.24) is 10.3 Å². The van der Waals surface area contributed by atoms with Gasteiger partial charge in [-0.25, -0.2) is 4.98 Å². The second-order valence-corrected chi connectivity index (χ2v) is 4.69. The van der Waals surface area contributed by atoms with E-state index in [1.165, 1.54) is 5.56 Å². The van der Waals surface area contributed by atoms with Crippen LogP contribution in [0.25, 0.3) is 0 Å². The number of aromatic nitrogens is 1. The highest BCUT2D eigenvalue weighted by Crippen LogP contribution is 2.19. The average Bonchev–Trinajstić information content (AvgIpc) is 2.78. The van der Waals surface area contributed by atoms with Gasteiger partial charge in [-0.1, -0.05) is 30.7 Å². The van der Waals surface area contributed by atoms with Crippen molar-refractivity contribution in [1.29, 1.82) is 0 Å². The van der Waals surface area contributed by atoms with Crippen LogP contribution in [0.3, 0.4) is 0 Å². The standard InChI is InChI=1S/C14H17ClN2O/c1-3-13(11-4-6-12(15)7-5-11)16-9-14-17-8-10(2)18-14/h4-8,13,16H,3,9H2,1-2H3. The van der Waals surface area contributed by atoms with Gasteiger partial charge in [0.2, 0.25) is 5.89 Å². The summed E-state index contributed by atoms with van der Waals surface area (Å²) in [5.41, 5.74) is 1.23. The number of halogens is 1. The molecular formula is C14H17ClN2O. The number of nitrogens with one attached hydrogen (secondary N) is 1. The van der Waals surface area contributed by atoms with Gasteiger partial charge in [-0.2, -0.15) is 0 Å². The number of nitrogens with zero attached hydrogens (tertiary/aromatic N) is 1. The molecule has 2 rings (SSSR count). The van der Waals surface area contributed by atoms with E-state index in [1.807, 2.05) is 31.2 Å². The predicted octanol–water partition coefficient (Wildman–Crippen LogP) is 3.88. The van der Waals surface area contributed by atoms with Crippen LogP contribution in [0.1, 0.15) is 36.6 Å². The van der Waals surface area contributed by atoms with Crippen molar-refractivity contribution >= 4 is 11.6 Å². The van der Waals surface area contributed by atoms with Gasteiger partial charge >= 0.3 is 0 Å². The highest BCUT2D eigenvalue weighted by atomic mass is 35.5. The van der Waals surface area contributed by atoms with Gasteiger partial charge in [-0.05, 0) is 31.0 Å². The van der Waals surface area contributed by atoms with E-state index < -0.39 is 0 Å². The van der Waals surface area contributed by atoms with E-state index in [9.17, 15) is 0 Å². The monoisotopic (exact) mass is 264 g/mol. The summed E-state index contributed by atoms with van der Waals surface area (Å²) in [6, 6.07) is 8.20. The summed E-state index contributed by atoms with van der Waals surface area (Å²) in [6.45, 7) is 4.68.